The molecule has 1 aliphatic rings. The van der Waals surface area contributed by atoms with Crippen molar-refractivity contribution in [3.63, 3.8) is 0 Å². The van der Waals surface area contributed by atoms with Gasteiger partial charge in [-0.3, -0.25) is 15.0 Å². The zero-order valence-corrected chi connectivity index (χ0v) is 33.6. The lowest BCUT2D eigenvalue weighted by Gasteiger charge is -2.11. The van der Waals surface area contributed by atoms with Crippen LogP contribution in [-0.2, 0) is 27.7 Å². The first-order valence-corrected chi connectivity index (χ1v) is 19.7. The van der Waals surface area contributed by atoms with Crippen LogP contribution in [0.2, 0.25) is 0 Å². The van der Waals surface area contributed by atoms with Gasteiger partial charge in [-0.25, -0.2) is 9.97 Å². The number of H-pyrrole nitrogens is 4. The number of hydrogen-bond acceptors (Lipinski definition) is 11. The smallest absolute Gasteiger partial charge is 0.189 e. The Morgan fingerprint density at radius 1 is 0.800 bits per heavy atom. The number of nitrogens with one attached hydrogen (secondary N) is 4. The third kappa shape index (κ3) is 10.5. The lowest BCUT2D eigenvalue weighted by Crippen LogP contribution is -2.04. The van der Waals surface area contributed by atoms with Gasteiger partial charge in [0.15, 0.2) is 9.93 Å². The van der Waals surface area contributed by atoms with Gasteiger partial charge in [-0.1, -0.05) is 11.8 Å². The van der Waals surface area contributed by atoms with Crippen LogP contribution in [0, 0.1) is 18.6 Å². The molecule has 0 atom stereocenters. The van der Waals surface area contributed by atoms with Crippen molar-refractivity contribution in [3.8, 4) is 11.5 Å². The zero-order valence-electron chi connectivity index (χ0n) is 31.2. The van der Waals surface area contributed by atoms with E-state index in [1.54, 1.807) is 38.4 Å². The number of fused-ring (bicyclic) bond motifs is 4. The second-order valence-corrected chi connectivity index (χ2v) is 14.2. The highest BCUT2D eigenvalue weighted by Gasteiger charge is 2.12. The van der Waals surface area contributed by atoms with Gasteiger partial charge in [-0.2, -0.15) is 0 Å². The highest BCUT2D eigenvalue weighted by Crippen LogP contribution is 2.28. The first-order chi connectivity index (χ1) is 26.9. The van der Waals surface area contributed by atoms with Crippen molar-refractivity contribution in [3.05, 3.63) is 93.4 Å². The maximum absolute atomic E-state index is 5.85. The number of alkyl halides is 1. The molecule has 0 unspecified atom stereocenters. The lowest BCUT2D eigenvalue weighted by atomic mass is 10.1. The summed E-state index contributed by atoms with van der Waals surface area (Å²) in [6.07, 6.45) is 9.07. The SMILES string of the molecule is COCCCOc1ccnc(CCl)c1C.COCCCOc1ccnc(CSc2nc3cc4c[nH][nH]c4cc3n2)c1C.S=c1[nH]c2cc3c(cc2[nH]1)CN=C3. The Bertz CT molecular complexity index is 2380. The number of aliphatic imine (C=N–C) groups is 1. The van der Waals surface area contributed by atoms with Crippen molar-refractivity contribution in [2.24, 2.45) is 4.99 Å². The summed E-state index contributed by atoms with van der Waals surface area (Å²) in [5, 5.41) is 7.92. The molecular formula is C39H44ClN9O4S2. The van der Waals surface area contributed by atoms with Crippen LogP contribution < -0.4 is 9.47 Å². The molecule has 0 amide bonds. The van der Waals surface area contributed by atoms with E-state index in [9.17, 15) is 0 Å². The number of aromatic amines is 4. The summed E-state index contributed by atoms with van der Waals surface area (Å²) in [5.41, 5.74) is 11.3. The van der Waals surface area contributed by atoms with Crippen molar-refractivity contribution < 1.29 is 18.9 Å². The van der Waals surface area contributed by atoms with E-state index in [2.05, 4.69) is 57.2 Å². The average Bonchev–Trinajstić information content (AvgIpc) is 4.00. The number of ether oxygens (including phenoxy) is 4. The van der Waals surface area contributed by atoms with E-state index in [4.69, 9.17) is 42.8 Å². The first-order valence-electron chi connectivity index (χ1n) is 17.8. The minimum absolute atomic E-state index is 0.418. The highest BCUT2D eigenvalue weighted by molar-refractivity contribution is 7.98. The maximum atomic E-state index is 5.85. The highest BCUT2D eigenvalue weighted by atomic mass is 35.5. The standard InChI is InChI=1S/C19H21N5O2S.C11H16ClNO2.C9H7N3S/c1-12-17(20-5-4-18(12)26-7-3-6-25-2)11-27-19-22-15-8-13-10-21-24-14(13)9-16(15)23-19;1-9-10(8-12)13-5-4-11(9)15-7-3-6-14-2;13-9-11-7-1-5-3-10-4-6(5)2-8(7)12-9/h4-5,8-10,21,24H,3,6-7,11H2,1-2H3;4-5H,3,6-8H2,1-2H3;1-3H,4H2,(H2,11,12,13). The number of hydrogen-bond donors (Lipinski definition) is 4. The molecule has 0 bridgehead atoms. The van der Waals surface area contributed by atoms with Crippen molar-refractivity contribution in [1.29, 1.82) is 0 Å². The lowest BCUT2D eigenvalue weighted by molar-refractivity contribution is 0.171. The van der Waals surface area contributed by atoms with E-state index in [0.29, 0.717) is 42.8 Å². The normalized spacial score (nSPS) is 11.7. The first kappa shape index (κ1) is 39.9. The molecule has 288 valence electrons. The molecule has 6 heterocycles. The molecule has 0 saturated carbocycles. The molecule has 5 aromatic heterocycles. The number of benzene rings is 2. The van der Waals surface area contributed by atoms with Gasteiger partial charge in [-0.15, -0.1) is 11.6 Å². The molecule has 7 aromatic rings. The molecule has 16 heteroatoms. The summed E-state index contributed by atoms with van der Waals surface area (Å²) < 4.78 is 22.1. The fourth-order valence-corrected chi connectivity index (χ4v) is 7.12. The van der Waals surface area contributed by atoms with Crippen LogP contribution in [0.15, 0.2) is 65.1 Å². The molecule has 55 heavy (non-hydrogen) atoms. The Morgan fingerprint density at radius 3 is 2.11 bits per heavy atom. The second-order valence-electron chi connectivity index (χ2n) is 12.6. The molecule has 0 aliphatic carbocycles. The molecule has 8 rings (SSSR count). The van der Waals surface area contributed by atoms with Crippen LogP contribution in [0.4, 0.5) is 0 Å². The van der Waals surface area contributed by atoms with Crippen LogP contribution in [0.3, 0.4) is 0 Å². The number of pyridine rings is 2. The topological polar surface area (TPSA) is 164 Å². The van der Waals surface area contributed by atoms with E-state index in [1.807, 2.05) is 50.5 Å². The molecule has 0 radical (unpaired) electrons. The van der Waals surface area contributed by atoms with Gasteiger partial charge < -0.3 is 39.1 Å². The van der Waals surface area contributed by atoms with Gasteiger partial charge in [0.05, 0.1) is 64.6 Å². The van der Waals surface area contributed by atoms with Gasteiger partial charge in [-0.05, 0) is 73.6 Å². The summed E-state index contributed by atoms with van der Waals surface area (Å²) in [6.45, 7) is 7.49. The fraction of sp³-hybridized carbons (Fsp3) is 0.333. The van der Waals surface area contributed by atoms with Crippen molar-refractivity contribution in [1.82, 2.24) is 40.1 Å². The van der Waals surface area contributed by atoms with Crippen LogP contribution in [0.5, 0.6) is 11.5 Å². The van der Waals surface area contributed by atoms with E-state index in [1.165, 1.54) is 11.1 Å². The summed E-state index contributed by atoms with van der Waals surface area (Å²) in [5.74, 6) is 2.84. The fourth-order valence-electron chi connectivity index (χ4n) is 5.75. The molecule has 0 saturated heterocycles. The van der Waals surface area contributed by atoms with Crippen LogP contribution in [0.1, 0.15) is 46.5 Å². The predicted molar refractivity (Wildman–Crippen MR) is 222 cm³/mol. The number of thioether (sulfide) groups is 1. The van der Waals surface area contributed by atoms with Gasteiger partial charge in [0, 0.05) is 87.3 Å². The molecule has 4 N–H and O–H groups in total. The number of nitrogens with zero attached hydrogens (tertiary/aromatic N) is 5. The minimum Gasteiger partial charge on any atom is -0.493 e. The Morgan fingerprint density at radius 2 is 1.44 bits per heavy atom. The summed E-state index contributed by atoms with van der Waals surface area (Å²) in [7, 11) is 3.38. The Kier molecular flexibility index (Phi) is 14.3. The van der Waals surface area contributed by atoms with E-state index in [0.717, 1.165) is 91.5 Å². The number of rotatable bonds is 14. The zero-order chi connectivity index (χ0) is 38.6. The van der Waals surface area contributed by atoms with Crippen LogP contribution >= 0.6 is 35.6 Å². The molecular weight excluding hydrogens is 758 g/mol. The number of aromatic nitrogens is 8. The van der Waals surface area contributed by atoms with Gasteiger partial charge in [0.2, 0.25) is 0 Å². The molecule has 0 fully saturated rings. The second kappa shape index (κ2) is 19.7. The predicted octanol–water partition coefficient (Wildman–Crippen LogP) is 8.55. The number of imidazole rings is 2. The van der Waals surface area contributed by atoms with Crippen molar-refractivity contribution in [2.45, 2.75) is 50.0 Å². The minimum atomic E-state index is 0.418. The van der Waals surface area contributed by atoms with Crippen molar-refractivity contribution in [2.75, 3.05) is 40.6 Å². The average molecular weight is 802 g/mol. The Balaban J connectivity index is 0.000000155. The Hall–Kier alpha value is -4.80. The van der Waals surface area contributed by atoms with Crippen LogP contribution in [0.25, 0.3) is 33.0 Å². The number of halogens is 1. The van der Waals surface area contributed by atoms with E-state index in [-0.39, 0.29) is 0 Å². The molecule has 2 aromatic carbocycles. The van der Waals surface area contributed by atoms with E-state index >= 15 is 0 Å². The molecule has 13 nitrogen and oxygen atoms in total. The van der Waals surface area contributed by atoms with Crippen molar-refractivity contribution >= 4 is 74.8 Å². The van der Waals surface area contributed by atoms with Gasteiger partial charge in [0.25, 0.3) is 0 Å². The van der Waals surface area contributed by atoms with Gasteiger partial charge >= 0.3 is 0 Å². The molecule has 0 spiro atoms. The third-order valence-corrected chi connectivity index (χ3v) is 10.1. The summed E-state index contributed by atoms with van der Waals surface area (Å²) in [4.78, 5) is 28.3. The monoisotopic (exact) mass is 801 g/mol. The van der Waals surface area contributed by atoms with Crippen LogP contribution in [-0.4, -0.2) is 87.0 Å². The van der Waals surface area contributed by atoms with Gasteiger partial charge in [0.1, 0.15) is 11.5 Å². The quantitative estimate of drug-likeness (QED) is 0.0363. The Labute approximate surface area is 333 Å². The number of methoxy groups -OCH3 is 2. The summed E-state index contributed by atoms with van der Waals surface area (Å²) in [6, 6.07) is 12.0. The molecule has 1 aliphatic heterocycles. The summed E-state index contributed by atoms with van der Waals surface area (Å²) >= 11 is 12.3. The third-order valence-electron chi connectivity index (χ3n) is 8.76. The largest absolute Gasteiger partial charge is 0.493 e. The maximum Gasteiger partial charge on any atom is 0.189 e. The van der Waals surface area contributed by atoms with E-state index < -0.39 is 0 Å².